The Morgan fingerprint density at radius 1 is 0.806 bits per heavy atom. The van der Waals surface area contributed by atoms with Gasteiger partial charge in [-0.25, -0.2) is 22.7 Å². The maximum absolute atomic E-state index is 13.5. The lowest BCUT2D eigenvalue weighted by atomic mass is 10.1. The summed E-state index contributed by atoms with van der Waals surface area (Å²) in [6, 6.07) is 24.6. The summed E-state index contributed by atoms with van der Waals surface area (Å²) >= 11 is 0. The summed E-state index contributed by atoms with van der Waals surface area (Å²) in [5.41, 5.74) is 3.63. The maximum atomic E-state index is 13.5. The highest BCUT2D eigenvalue weighted by atomic mass is 32.2. The second-order valence-electron chi connectivity index (χ2n) is 7.67. The van der Waals surface area contributed by atoms with Crippen LogP contribution in [0.2, 0.25) is 0 Å². The van der Waals surface area contributed by atoms with Gasteiger partial charge in [-0.05, 0) is 43.2 Å². The van der Waals surface area contributed by atoms with Gasteiger partial charge >= 0.3 is 0 Å². The normalized spacial score (nSPS) is 13.6. The third-order valence-corrected chi connectivity index (χ3v) is 7.23. The summed E-state index contributed by atoms with van der Waals surface area (Å²) in [6.45, 7) is 2.77. The SMILES string of the molecule is Cc1ccc(S(=O)(=O)N2CN(CCc3ccccc3)c3nc4ccccc4nc32)cc1. The molecule has 0 bridgehead atoms. The molecule has 4 aromatic rings. The first-order chi connectivity index (χ1) is 15.0. The number of benzene rings is 3. The van der Waals surface area contributed by atoms with E-state index in [0.29, 0.717) is 23.7 Å². The van der Waals surface area contributed by atoms with Gasteiger partial charge in [0.05, 0.1) is 15.9 Å². The molecule has 7 heteroatoms. The van der Waals surface area contributed by atoms with Crippen LogP contribution in [0.5, 0.6) is 0 Å². The van der Waals surface area contributed by atoms with E-state index in [1.54, 1.807) is 12.1 Å². The van der Waals surface area contributed by atoms with Gasteiger partial charge in [-0.15, -0.1) is 0 Å². The van der Waals surface area contributed by atoms with Gasteiger partial charge in [0.25, 0.3) is 10.0 Å². The number of hydrogen-bond donors (Lipinski definition) is 0. The summed E-state index contributed by atoms with van der Waals surface area (Å²) in [6.07, 6.45) is 0.785. The quantitative estimate of drug-likeness (QED) is 0.476. The third-order valence-electron chi connectivity index (χ3n) is 5.49. The molecule has 0 spiro atoms. The van der Waals surface area contributed by atoms with Gasteiger partial charge in [0.15, 0.2) is 11.6 Å². The number of nitrogens with zero attached hydrogens (tertiary/aromatic N) is 4. The average molecular weight is 431 g/mol. The largest absolute Gasteiger partial charge is 0.334 e. The minimum absolute atomic E-state index is 0.189. The number of hydrogen-bond acceptors (Lipinski definition) is 5. The third kappa shape index (κ3) is 3.61. The molecule has 0 radical (unpaired) electrons. The zero-order valence-corrected chi connectivity index (χ0v) is 18.0. The molecule has 6 nitrogen and oxygen atoms in total. The Morgan fingerprint density at radius 2 is 1.42 bits per heavy atom. The average Bonchev–Trinajstić information content (AvgIpc) is 3.15. The van der Waals surface area contributed by atoms with Gasteiger partial charge in [-0.1, -0.05) is 60.2 Å². The first-order valence-electron chi connectivity index (χ1n) is 10.2. The van der Waals surface area contributed by atoms with Crippen molar-refractivity contribution in [3.8, 4) is 0 Å². The minimum atomic E-state index is -3.76. The van der Waals surface area contributed by atoms with E-state index in [2.05, 4.69) is 12.1 Å². The molecular formula is C24H22N4O2S. The van der Waals surface area contributed by atoms with Crippen molar-refractivity contribution < 1.29 is 8.42 Å². The van der Waals surface area contributed by atoms with Crippen LogP contribution in [0.25, 0.3) is 11.0 Å². The lowest BCUT2D eigenvalue weighted by Gasteiger charge is -2.20. The maximum Gasteiger partial charge on any atom is 0.267 e. The fourth-order valence-electron chi connectivity index (χ4n) is 3.76. The highest BCUT2D eigenvalue weighted by Gasteiger charge is 2.37. The zero-order chi connectivity index (χ0) is 21.4. The van der Waals surface area contributed by atoms with E-state index in [4.69, 9.17) is 9.97 Å². The van der Waals surface area contributed by atoms with E-state index < -0.39 is 10.0 Å². The second kappa shape index (κ2) is 7.67. The molecular weight excluding hydrogens is 408 g/mol. The molecule has 0 unspecified atom stereocenters. The van der Waals surface area contributed by atoms with Crippen LogP contribution in [0.4, 0.5) is 11.6 Å². The fourth-order valence-corrected chi connectivity index (χ4v) is 5.14. The number of fused-ring (bicyclic) bond motifs is 2. The molecule has 5 rings (SSSR count). The van der Waals surface area contributed by atoms with E-state index >= 15 is 0 Å². The second-order valence-corrected chi connectivity index (χ2v) is 9.53. The molecule has 2 heterocycles. The molecule has 0 atom stereocenters. The molecule has 0 fully saturated rings. The molecule has 0 amide bonds. The van der Waals surface area contributed by atoms with Gasteiger partial charge in [-0.3, -0.25) is 0 Å². The molecule has 156 valence electrons. The van der Waals surface area contributed by atoms with E-state index in [9.17, 15) is 8.42 Å². The number of aromatic nitrogens is 2. The van der Waals surface area contributed by atoms with Gasteiger partial charge in [0, 0.05) is 6.54 Å². The van der Waals surface area contributed by atoms with Crippen LogP contribution in [0.1, 0.15) is 11.1 Å². The predicted molar refractivity (Wildman–Crippen MR) is 123 cm³/mol. The van der Waals surface area contributed by atoms with Crippen LogP contribution in [0, 0.1) is 6.92 Å². The lowest BCUT2D eigenvalue weighted by Crippen LogP contribution is -2.36. The summed E-state index contributed by atoms with van der Waals surface area (Å²) in [4.78, 5) is 11.7. The zero-order valence-electron chi connectivity index (χ0n) is 17.1. The van der Waals surface area contributed by atoms with E-state index in [-0.39, 0.29) is 11.6 Å². The highest BCUT2D eigenvalue weighted by molar-refractivity contribution is 7.92. The Bertz CT molecular complexity index is 1340. The Balaban J connectivity index is 1.56. The van der Waals surface area contributed by atoms with Crippen molar-refractivity contribution in [2.45, 2.75) is 18.2 Å². The molecule has 0 saturated heterocycles. The van der Waals surface area contributed by atoms with Crippen LogP contribution in [0.15, 0.2) is 83.8 Å². The molecule has 0 saturated carbocycles. The summed E-state index contributed by atoms with van der Waals surface area (Å²) in [5, 5.41) is 0. The van der Waals surface area contributed by atoms with Crippen molar-refractivity contribution in [3.05, 3.63) is 90.0 Å². The molecule has 0 aliphatic carbocycles. The fraction of sp³-hybridized carbons (Fsp3) is 0.167. The Hall–Kier alpha value is -3.45. The number of aryl methyl sites for hydroxylation is 1. The van der Waals surface area contributed by atoms with Crippen molar-refractivity contribution in [2.24, 2.45) is 0 Å². The van der Waals surface area contributed by atoms with Gasteiger partial charge in [-0.2, -0.15) is 0 Å². The molecule has 31 heavy (non-hydrogen) atoms. The topological polar surface area (TPSA) is 66.4 Å². The first kappa shape index (κ1) is 19.5. The number of sulfonamides is 1. The summed E-state index contributed by atoms with van der Waals surface area (Å²) < 4.78 is 28.4. The lowest BCUT2D eigenvalue weighted by molar-refractivity contribution is 0.591. The Morgan fingerprint density at radius 3 is 2.10 bits per heavy atom. The van der Waals surface area contributed by atoms with Crippen LogP contribution in [-0.2, 0) is 16.4 Å². The minimum Gasteiger partial charge on any atom is -0.334 e. The van der Waals surface area contributed by atoms with Gasteiger partial charge < -0.3 is 4.90 Å². The van der Waals surface area contributed by atoms with Crippen LogP contribution < -0.4 is 9.21 Å². The predicted octanol–water partition coefficient (Wildman–Crippen LogP) is 4.15. The number of anilines is 2. The van der Waals surface area contributed by atoms with Crippen molar-refractivity contribution in [1.82, 2.24) is 9.97 Å². The van der Waals surface area contributed by atoms with Crippen molar-refractivity contribution in [3.63, 3.8) is 0 Å². The van der Waals surface area contributed by atoms with Gasteiger partial charge in [0.2, 0.25) is 0 Å². The van der Waals surface area contributed by atoms with Crippen LogP contribution >= 0.6 is 0 Å². The number of rotatable bonds is 5. The van der Waals surface area contributed by atoms with E-state index in [0.717, 1.165) is 17.5 Å². The highest BCUT2D eigenvalue weighted by Crippen LogP contribution is 2.37. The van der Waals surface area contributed by atoms with Crippen LogP contribution in [0.3, 0.4) is 0 Å². The van der Waals surface area contributed by atoms with E-state index in [1.807, 2.05) is 66.4 Å². The standard InChI is InChI=1S/C24H22N4O2S/c1-18-11-13-20(14-12-18)31(29,30)28-17-27(16-15-19-7-3-2-4-8-19)23-24(28)26-22-10-6-5-9-21(22)25-23/h2-14H,15-17H2,1H3. The molecule has 0 N–H and O–H groups in total. The Kier molecular flexibility index (Phi) is 4.82. The molecule has 1 aliphatic rings. The van der Waals surface area contributed by atoms with Gasteiger partial charge in [0.1, 0.15) is 6.67 Å². The van der Waals surface area contributed by atoms with Crippen LogP contribution in [-0.4, -0.2) is 31.6 Å². The molecule has 1 aromatic heterocycles. The van der Waals surface area contributed by atoms with Crippen molar-refractivity contribution in [1.29, 1.82) is 0 Å². The Labute approximate surface area is 181 Å². The first-order valence-corrected chi connectivity index (χ1v) is 11.6. The number of para-hydroxylation sites is 2. The van der Waals surface area contributed by atoms with E-state index in [1.165, 1.54) is 9.87 Å². The molecule has 1 aliphatic heterocycles. The van der Waals surface area contributed by atoms with Crippen molar-refractivity contribution >= 4 is 32.7 Å². The summed E-state index contributed by atoms with van der Waals surface area (Å²) in [5.74, 6) is 0.984. The van der Waals surface area contributed by atoms with Crippen molar-refractivity contribution in [2.75, 3.05) is 22.4 Å². The molecule has 3 aromatic carbocycles. The smallest absolute Gasteiger partial charge is 0.267 e. The summed E-state index contributed by atoms with van der Waals surface area (Å²) in [7, 11) is -3.76. The monoisotopic (exact) mass is 430 g/mol.